The number of nitro groups is 1. The van der Waals surface area contributed by atoms with Gasteiger partial charge in [-0.3, -0.25) is 10.1 Å². The van der Waals surface area contributed by atoms with Crippen LogP contribution in [-0.4, -0.2) is 30.8 Å². The zero-order valence-corrected chi connectivity index (χ0v) is 13.7. The molecule has 0 aliphatic heterocycles. The molecular formula is C17H24N2O4. The molecule has 0 heterocycles. The lowest BCUT2D eigenvalue weighted by Crippen LogP contribution is -2.64. The van der Waals surface area contributed by atoms with Crippen LogP contribution in [0, 0.1) is 15.5 Å². The van der Waals surface area contributed by atoms with E-state index in [0.717, 1.165) is 24.3 Å². The second kappa shape index (κ2) is 6.45. The molecule has 0 aromatic heterocycles. The van der Waals surface area contributed by atoms with E-state index in [9.17, 15) is 10.1 Å². The van der Waals surface area contributed by atoms with E-state index in [1.165, 1.54) is 19.3 Å². The summed E-state index contributed by atoms with van der Waals surface area (Å²) in [5.41, 5.74) is 2.11. The molecule has 1 N–H and O–H groups in total. The number of nitro benzene ring substituents is 1. The van der Waals surface area contributed by atoms with Gasteiger partial charge in [-0.05, 0) is 32.3 Å². The lowest BCUT2D eigenvalue weighted by Gasteiger charge is -2.61. The number of hydrogen-bond acceptors (Lipinski definition) is 5. The molecular weight excluding hydrogens is 296 g/mol. The van der Waals surface area contributed by atoms with Crippen LogP contribution in [0.5, 0.6) is 0 Å². The molecule has 2 aliphatic rings. The zero-order valence-electron chi connectivity index (χ0n) is 13.7. The van der Waals surface area contributed by atoms with E-state index in [2.05, 4.69) is 5.32 Å². The van der Waals surface area contributed by atoms with Crippen LogP contribution >= 0.6 is 0 Å². The molecule has 6 heteroatoms. The minimum absolute atomic E-state index is 0.0989. The van der Waals surface area contributed by atoms with Crippen molar-refractivity contribution in [3.05, 3.63) is 33.9 Å². The average molecular weight is 320 g/mol. The van der Waals surface area contributed by atoms with Crippen molar-refractivity contribution >= 4 is 11.4 Å². The number of benzene rings is 1. The third-order valence-electron chi connectivity index (χ3n) is 5.37. The van der Waals surface area contributed by atoms with Crippen LogP contribution < -0.4 is 5.32 Å². The van der Waals surface area contributed by atoms with Crippen LogP contribution in [0.1, 0.15) is 38.2 Å². The van der Waals surface area contributed by atoms with Crippen molar-refractivity contribution in [1.29, 1.82) is 0 Å². The largest absolute Gasteiger partial charge is 0.381 e. The maximum atomic E-state index is 11.0. The van der Waals surface area contributed by atoms with Crippen molar-refractivity contribution in [2.75, 3.05) is 19.0 Å². The molecule has 2 aliphatic carbocycles. The van der Waals surface area contributed by atoms with Gasteiger partial charge in [-0.2, -0.15) is 0 Å². The second-order valence-corrected chi connectivity index (χ2v) is 6.49. The fourth-order valence-electron chi connectivity index (χ4n) is 3.94. The lowest BCUT2D eigenvalue weighted by atomic mass is 9.51. The monoisotopic (exact) mass is 320 g/mol. The quantitative estimate of drug-likeness (QED) is 0.615. The smallest absolute Gasteiger partial charge is 0.269 e. The van der Waals surface area contributed by atoms with E-state index >= 15 is 0 Å². The molecule has 1 aromatic rings. The van der Waals surface area contributed by atoms with Crippen LogP contribution in [0.2, 0.25) is 0 Å². The van der Waals surface area contributed by atoms with Gasteiger partial charge >= 0.3 is 0 Å². The second-order valence-electron chi connectivity index (χ2n) is 6.49. The highest BCUT2D eigenvalue weighted by Gasteiger charge is 2.58. The Labute approximate surface area is 136 Å². The van der Waals surface area contributed by atoms with Gasteiger partial charge in [0.25, 0.3) is 5.69 Å². The summed E-state index contributed by atoms with van der Waals surface area (Å²) in [7, 11) is 1.60. The first kappa shape index (κ1) is 16.2. The first-order valence-electron chi connectivity index (χ1n) is 8.25. The molecule has 2 unspecified atom stereocenters. The maximum absolute atomic E-state index is 11.0. The van der Waals surface area contributed by atoms with E-state index < -0.39 is 0 Å². The molecule has 126 valence electrons. The number of rotatable bonds is 7. The number of anilines is 1. The summed E-state index contributed by atoms with van der Waals surface area (Å²) >= 11 is 0. The SMILES string of the molecule is CCOC1CC(Nc2ccc([N+](=O)[O-])cc2COC)C12CCC2. The normalized spacial score (nSPS) is 24.8. The topological polar surface area (TPSA) is 73.6 Å². The average Bonchev–Trinajstić information content (AvgIpc) is 2.45. The van der Waals surface area contributed by atoms with Gasteiger partial charge in [-0.15, -0.1) is 0 Å². The van der Waals surface area contributed by atoms with Crippen molar-refractivity contribution in [2.24, 2.45) is 5.41 Å². The third kappa shape index (κ3) is 2.81. The highest BCUT2D eigenvalue weighted by molar-refractivity contribution is 5.57. The zero-order chi connectivity index (χ0) is 16.4. The molecule has 0 saturated heterocycles. The maximum Gasteiger partial charge on any atom is 0.269 e. The van der Waals surface area contributed by atoms with Crippen molar-refractivity contribution in [3.63, 3.8) is 0 Å². The van der Waals surface area contributed by atoms with Crippen LogP contribution in [-0.2, 0) is 16.1 Å². The molecule has 2 atom stereocenters. The minimum Gasteiger partial charge on any atom is -0.381 e. The molecule has 0 bridgehead atoms. The Hall–Kier alpha value is -1.66. The van der Waals surface area contributed by atoms with Gasteiger partial charge in [-0.1, -0.05) is 6.42 Å². The van der Waals surface area contributed by atoms with Crippen LogP contribution in [0.25, 0.3) is 0 Å². The first-order valence-corrected chi connectivity index (χ1v) is 8.25. The summed E-state index contributed by atoms with van der Waals surface area (Å²) in [5.74, 6) is 0. The van der Waals surface area contributed by atoms with Crippen LogP contribution in [0.15, 0.2) is 18.2 Å². The van der Waals surface area contributed by atoms with Gasteiger partial charge in [0.15, 0.2) is 0 Å². The predicted molar refractivity (Wildman–Crippen MR) is 87.5 cm³/mol. The lowest BCUT2D eigenvalue weighted by molar-refractivity contribution is -0.384. The predicted octanol–water partition coefficient (Wildman–Crippen LogP) is 3.50. The van der Waals surface area contributed by atoms with E-state index in [1.54, 1.807) is 25.3 Å². The number of nitrogens with one attached hydrogen (secondary N) is 1. The summed E-state index contributed by atoms with van der Waals surface area (Å²) in [5, 5.41) is 14.6. The van der Waals surface area contributed by atoms with Crippen molar-refractivity contribution in [2.45, 2.75) is 51.4 Å². The summed E-state index contributed by atoms with van der Waals surface area (Å²) < 4.78 is 11.1. The van der Waals surface area contributed by atoms with Gasteiger partial charge in [0.2, 0.25) is 0 Å². The van der Waals surface area contributed by atoms with Gasteiger partial charge in [-0.25, -0.2) is 0 Å². The van der Waals surface area contributed by atoms with Gasteiger partial charge in [0.1, 0.15) is 0 Å². The number of hydrogen-bond donors (Lipinski definition) is 1. The van der Waals surface area contributed by atoms with E-state index in [-0.39, 0.29) is 16.0 Å². The van der Waals surface area contributed by atoms with E-state index in [4.69, 9.17) is 9.47 Å². The van der Waals surface area contributed by atoms with Gasteiger partial charge < -0.3 is 14.8 Å². The van der Waals surface area contributed by atoms with Crippen LogP contribution in [0.3, 0.4) is 0 Å². The summed E-state index contributed by atoms with van der Waals surface area (Å²) in [6.07, 6.45) is 5.00. The van der Waals surface area contributed by atoms with Crippen molar-refractivity contribution in [3.8, 4) is 0 Å². The highest BCUT2D eigenvalue weighted by Crippen LogP contribution is 2.58. The minimum atomic E-state index is -0.370. The summed E-state index contributed by atoms with van der Waals surface area (Å²) in [4.78, 5) is 10.6. The van der Waals surface area contributed by atoms with E-state index in [1.807, 2.05) is 6.92 Å². The Balaban J connectivity index is 1.76. The molecule has 2 fully saturated rings. The molecule has 1 aromatic carbocycles. The van der Waals surface area contributed by atoms with Gasteiger partial charge in [0, 0.05) is 48.6 Å². The Morgan fingerprint density at radius 3 is 2.78 bits per heavy atom. The third-order valence-corrected chi connectivity index (χ3v) is 5.37. The van der Waals surface area contributed by atoms with Gasteiger partial charge in [0.05, 0.1) is 17.6 Å². The molecule has 3 rings (SSSR count). The highest BCUT2D eigenvalue weighted by atomic mass is 16.6. The van der Waals surface area contributed by atoms with Crippen molar-refractivity contribution in [1.82, 2.24) is 0 Å². The number of methoxy groups -OCH3 is 1. The molecule has 0 radical (unpaired) electrons. The molecule has 0 amide bonds. The van der Waals surface area contributed by atoms with Crippen molar-refractivity contribution < 1.29 is 14.4 Å². The van der Waals surface area contributed by atoms with E-state index in [0.29, 0.717) is 18.8 Å². The summed E-state index contributed by atoms with van der Waals surface area (Å²) in [6.45, 7) is 3.16. The fourth-order valence-corrected chi connectivity index (χ4v) is 3.94. The van der Waals surface area contributed by atoms with Crippen LogP contribution in [0.4, 0.5) is 11.4 Å². The Morgan fingerprint density at radius 1 is 1.43 bits per heavy atom. The number of non-ortho nitro benzene ring substituents is 1. The molecule has 2 saturated carbocycles. The molecule has 1 spiro atoms. The molecule has 23 heavy (non-hydrogen) atoms. The number of nitrogens with zero attached hydrogens (tertiary/aromatic N) is 1. The Kier molecular flexibility index (Phi) is 4.55. The Morgan fingerprint density at radius 2 is 2.22 bits per heavy atom. The summed E-state index contributed by atoms with van der Waals surface area (Å²) in [6, 6.07) is 5.32. The molecule has 6 nitrogen and oxygen atoms in total. The first-order chi connectivity index (χ1) is 11.1. The Bertz CT molecular complexity index is 586. The standard InChI is InChI=1S/C17H24N2O4/c1-3-23-16-10-15(17(16)7-4-8-17)18-14-6-5-13(19(20)21)9-12(14)11-22-2/h5-6,9,15-16,18H,3-4,7-8,10-11H2,1-2H3. The fraction of sp³-hybridized carbons (Fsp3) is 0.647. The number of ether oxygens (including phenoxy) is 2.